The molecule has 4 nitrogen and oxygen atoms in total. The summed E-state index contributed by atoms with van der Waals surface area (Å²) >= 11 is 0. The number of ether oxygens (including phenoxy) is 1. The molecule has 0 heterocycles. The van der Waals surface area contributed by atoms with E-state index in [1.54, 1.807) is 6.07 Å². The maximum Gasteiger partial charge on any atom is 0.461 e. The van der Waals surface area contributed by atoms with Crippen LogP contribution in [0.3, 0.4) is 0 Å². The minimum Gasteiger partial charge on any atom is -0.428 e. The Balaban J connectivity index is 2.26. The van der Waals surface area contributed by atoms with Crippen LogP contribution in [0.1, 0.15) is 22.3 Å². The summed E-state index contributed by atoms with van der Waals surface area (Å²) in [6, 6.07) is 10.3. The largest absolute Gasteiger partial charge is 0.461 e. The normalized spacial score (nSPS) is 14.0. The number of carbonyl (C=O) groups is 1. The highest BCUT2D eigenvalue weighted by atomic mass is 19.4. The minimum atomic E-state index is -5.10. The van der Waals surface area contributed by atoms with Gasteiger partial charge < -0.3 is 15.4 Å². The van der Waals surface area contributed by atoms with Crippen molar-refractivity contribution in [3.8, 4) is 5.75 Å². The molecule has 2 amide bonds. The van der Waals surface area contributed by atoms with E-state index in [1.807, 2.05) is 0 Å². The second-order valence-electron chi connectivity index (χ2n) is 8.71. The van der Waals surface area contributed by atoms with Crippen LogP contribution in [0.5, 0.6) is 5.75 Å². The molecule has 0 aliphatic carbocycles. The van der Waals surface area contributed by atoms with Gasteiger partial charge in [-0.3, -0.25) is 0 Å². The first-order valence-electron chi connectivity index (χ1n) is 11.4. The van der Waals surface area contributed by atoms with Gasteiger partial charge in [0.25, 0.3) is 0 Å². The minimum absolute atomic E-state index is 0.256. The number of halogens is 11. The molecule has 0 bridgehead atoms. The van der Waals surface area contributed by atoms with E-state index in [0.717, 1.165) is 12.1 Å². The molecule has 222 valence electrons. The van der Waals surface area contributed by atoms with Crippen LogP contribution in [-0.2, 0) is 18.1 Å². The molecule has 1 unspecified atom stereocenters. The molecule has 0 saturated heterocycles. The molecule has 0 aliphatic rings. The zero-order valence-electron chi connectivity index (χ0n) is 20.4. The summed E-state index contributed by atoms with van der Waals surface area (Å²) in [7, 11) is 0. The summed E-state index contributed by atoms with van der Waals surface area (Å²) in [6.45, 7) is -1.84. The predicted molar refractivity (Wildman–Crippen MR) is 123 cm³/mol. The average molecular weight is 600 g/mol. The van der Waals surface area contributed by atoms with Gasteiger partial charge >= 0.3 is 30.9 Å². The molecule has 0 fully saturated rings. The van der Waals surface area contributed by atoms with E-state index in [0.29, 0.717) is 35.9 Å². The molecule has 3 aromatic carbocycles. The van der Waals surface area contributed by atoms with E-state index < -0.39 is 72.1 Å². The van der Waals surface area contributed by atoms with Crippen molar-refractivity contribution < 1.29 is 57.8 Å². The van der Waals surface area contributed by atoms with E-state index in [9.17, 15) is 53.1 Å². The lowest BCUT2D eigenvalue weighted by molar-refractivity contribution is -0.253. The van der Waals surface area contributed by atoms with Crippen LogP contribution in [-0.4, -0.2) is 31.3 Å². The van der Waals surface area contributed by atoms with Gasteiger partial charge in [-0.25, -0.2) is 9.18 Å². The number of rotatable bonds is 9. The van der Waals surface area contributed by atoms with E-state index in [-0.39, 0.29) is 5.56 Å². The molecule has 0 spiro atoms. The Morgan fingerprint density at radius 3 is 1.90 bits per heavy atom. The van der Waals surface area contributed by atoms with Gasteiger partial charge in [-0.1, -0.05) is 42.5 Å². The number of amides is 2. The first kappa shape index (κ1) is 31.5. The predicted octanol–water partition coefficient (Wildman–Crippen LogP) is 7.43. The summed E-state index contributed by atoms with van der Waals surface area (Å²) in [4.78, 5) is 12.7. The van der Waals surface area contributed by atoms with Gasteiger partial charge in [0.05, 0.1) is 11.1 Å². The first-order chi connectivity index (χ1) is 18.9. The number of benzene rings is 3. The Bertz CT molecular complexity index is 1330. The number of carbonyl (C=O) groups excluding carboxylic acids is 1. The van der Waals surface area contributed by atoms with Crippen molar-refractivity contribution in [2.45, 2.75) is 36.8 Å². The molecule has 2 N–H and O–H groups in total. The Kier molecular flexibility index (Phi) is 9.08. The highest BCUT2D eigenvalue weighted by Gasteiger charge is 2.45. The SMILES string of the molecule is O=C(NCC(F)(F)F)NC(Cc1ccccc1)(c1ccc(C(F)(F)F)cc1)c1cc(F)cc(OC(F)(F)C(F)F)c1. The van der Waals surface area contributed by atoms with Crippen LogP contribution >= 0.6 is 0 Å². The number of alkyl halides is 10. The van der Waals surface area contributed by atoms with Gasteiger partial charge in [-0.2, -0.15) is 43.9 Å². The van der Waals surface area contributed by atoms with Crippen LogP contribution in [0.4, 0.5) is 53.1 Å². The van der Waals surface area contributed by atoms with E-state index in [2.05, 4.69) is 10.1 Å². The zero-order chi connectivity index (χ0) is 30.6. The van der Waals surface area contributed by atoms with Gasteiger partial charge in [-0.05, 0) is 41.0 Å². The summed E-state index contributed by atoms with van der Waals surface area (Å²) in [5.41, 5.74) is -3.89. The van der Waals surface area contributed by atoms with Gasteiger partial charge in [0.15, 0.2) is 0 Å². The van der Waals surface area contributed by atoms with Crippen molar-refractivity contribution >= 4 is 6.03 Å². The fourth-order valence-electron chi connectivity index (χ4n) is 3.89. The summed E-state index contributed by atoms with van der Waals surface area (Å²) in [5, 5.41) is 3.72. The van der Waals surface area contributed by atoms with E-state index in [1.165, 1.54) is 29.6 Å². The van der Waals surface area contributed by atoms with Crippen molar-refractivity contribution in [3.05, 3.63) is 101 Å². The molecule has 3 aromatic rings. The van der Waals surface area contributed by atoms with Crippen LogP contribution in [0.15, 0.2) is 72.8 Å². The lowest BCUT2D eigenvalue weighted by Crippen LogP contribution is -2.53. The van der Waals surface area contributed by atoms with Crippen molar-refractivity contribution in [2.24, 2.45) is 0 Å². The third kappa shape index (κ3) is 8.24. The molecule has 1 atom stereocenters. The number of hydrogen-bond donors (Lipinski definition) is 2. The van der Waals surface area contributed by atoms with Crippen molar-refractivity contribution in [1.82, 2.24) is 10.6 Å². The van der Waals surface area contributed by atoms with Crippen LogP contribution < -0.4 is 15.4 Å². The second kappa shape index (κ2) is 11.8. The third-order valence-corrected chi connectivity index (χ3v) is 5.67. The summed E-state index contributed by atoms with van der Waals surface area (Å²) < 4.78 is 150. The lowest BCUT2D eigenvalue weighted by atomic mass is 9.77. The number of hydrogen-bond acceptors (Lipinski definition) is 2. The number of urea groups is 1. The van der Waals surface area contributed by atoms with Crippen LogP contribution in [0.2, 0.25) is 0 Å². The van der Waals surface area contributed by atoms with Crippen LogP contribution in [0.25, 0.3) is 0 Å². The monoisotopic (exact) mass is 600 g/mol. The smallest absolute Gasteiger partial charge is 0.428 e. The average Bonchev–Trinajstić information content (AvgIpc) is 2.86. The molecule has 0 aliphatic heterocycles. The Morgan fingerprint density at radius 2 is 1.37 bits per heavy atom. The number of nitrogens with one attached hydrogen (secondary N) is 2. The van der Waals surface area contributed by atoms with Crippen molar-refractivity contribution in [1.29, 1.82) is 0 Å². The van der Waals surface area contributed by atoms with Gasteiger partial charge in [0.2, 0.25) is 0 Å². The Hall–Kier alpha value is -4.04. The summed E-state index contributed by atoms with van der Waals surface area (Å²) in [5.74, 6) is -2.52. The van der Waals surface area contributed by atoms with Gasteiger partial charge in [0.1, 0.15) is 18.1 Å². The first-order valence-corrected chi connectivity index (χ1v) is 11.4. The zero-order valence-corrected chi connectivity index (χ0v) is 20.4. The van der Waals surface area contributed by atoms with Crippen molar-refractivity contribution in [3.63, 3.8) is 0 Å². The Labute approximate surface area is 225 Å². The molecule has 0 radical (unpaired) electrons. The molecule has 0 aromatic heterocycles. The molecular weight excluding hydrogens is 581 g/mol. The third-order valence-electron chi connectivity index (χ3n) is 5.67. The Morgan fingerprint density at radius 1 is 0.780 bits per heavy atom. The van der Waals surface area contributed by atoms with E-state index in [4.69, 9.17) is 0 Å². The van der Waals surface area contributed by atoms with Gasteiger partial charge in [-0.15, -0.1) is 0 Å². The molecule has 15 heteroatoms. The fraction of sp³-hybridized carbons (Fsp3) is 0.269. The maximum atomic E-state index is 14.7. The molecule has 41 heavy (non-hydrogen) atoms. The van der Waals surface area contributed by atoms with Gasteiger partial charge in [0, 0.05) is 12.5 Å². The standard InChI is InChI=1S/C26H19F11N2O2/c27-19-10-18(11-20(12-19)41-26(36,37)21(28)29)23(13-15-4-2-1-3-5-15,39-22(40)38-14-24(30,31)32)16-6-8-17(9-7-16)25(33,34)35/h1-12,21H,13-14H2,(H2,38,39,40). The highest BCUT2D eigenvalue weighted by Crippen LogP contribution is 2.39. The van der Waals surface area contributed by atoms with Crippen molar-refractivity contribution in [2.75, 3.05) is 6.54 Å². The molecule has 0 saturated carbocycles. The van der Waals surface area contributed by atoms with E-state index >= 15 is 0 Å². The summed E-state index contributed by atoms with van der Waals surface area (Å²) in [6.07, 6.45) is -19.6. The quantitative estimate of drug-likeness (QED) is 0.251. The topological polar surface area (TPSA) is 50.4 Å². The maximum absolute atomic E-state index is 14.7. The fourth-order valence-corrected chi connectivity index (χ4v) is 3.89. The molecular formula is C26H19F11N2O2. The lowest BCUT2D eigenvalue weighted by Gasteiger charge is -2.37. The highest BCUT2D eigenvalue weighted by molar-refractivity contribution is 5.76. The van der Waals surface area contributed by atoms with Crippen LogP contribution in [0, 0.1) is 5.82 Å². The second-order valence-corrected chi connectivity index (χ2v) is 8.71. The molecule has 3 rings (SSSR count).